The van der Waals surface area contributed by atoms with Crippen molar-refractivity contribution in [3.8, 4) is 0 Å². The normalized spacial score (nSPS) is 19.9. The molecule has 0 amide bonds. The third kappa shape index (κ3) is 2.73. The fourth-order valence-electron chi connectivity index (χ4n) is 3.07. The van der Waals surface area contributed by atoms with Gasteiger partial charge in [0.05, 0.1) is 5.56 Å². The van der Waals surface area contributed by atoms with Crippen LogP contribution in [-0.4, -0.2) is 11.1 Å². The fourth-order valence-corrected chi connectivity index (χ4v) is 3.07. The monoisotopic (exact) mass is 258 g/mol. The lowest BCUT2D eigenvalue weighted by molar-refractivity contribution is 0.0692. The summed E-state index contributed by atoms with van der Waals surface area (Å²) in [6.07, 6.45) is 5.62. The van der Waals surface area contributed by atoms with E-state index in [0.29, 0.717) is 11.5 Å². The number of benzene rings is 1. The molecule has 1 N–H and O–H groups in total. The van der Waals surface area contributed by atoms with Crippen molar-refractivity contribution < 1.29 is 9.90 Å². The molecule has 0 unspecified atom stereocenters. The van der Waals surface area contributed by atoms with E-state index in [1.165, 1.54) is 5.57 Å². The van der Waals surface area contributed by atoms with Crippen molar-refractivity contribution in [2.24, 2.45) is 5.92 Å². The van der Waals surface area contributed by atoms with E-state index >= 15 is 0 Å². The Morgan fingerprint density at radius 2 is 2.00 bits per heavy atom. The Morgan fingerprint density at radius 1 is 1.32 bits per heavy atom. The third-order valence-electron chi connectivity index (χ3n) is 4.51. The molecule has 2 rings (SSSR count). The van der Waals surface area contributed by atoms with Crippen molar-refractivity contribution in [1.82, 2.24) is 0 Å². The molecule has 1 aliphatic rings. The Morgan fingerprint density at radius 3 is 2.58 bits per heavy atom. The predicted octanol–water partition coefficient (Wildman–Crippen LogP) is 4.41. The summed E-state index contributed by atoms with van der Waals surface area (Å²) < 4.78 is 0. The van der Waals surface area contributed by atoms with Gasteiger partial charge in [0, 0.05) is 0 Å². The second-order valence-corrected chi connectivity index (χ2v) is 6.09. The number of carboxylic acids is 1. The molecule has 2 heteroatoms. The average Bonchev–Trinajstić information content (AvgIpc) is 2.39. The molecule has 0 fully saturated rings. The van der Waals surface area contributed by atoms with Crippen LogP contribution in [0.1, 0.15) is 56.0 Å². The van der Waals surface area contributed by atoms with Crippen LogP contribution in [0.2, 0.25) is 0 Å². The third-order valence-corrected chi connectivity index (χ3v) is 4.51. The maximum Gasteiger partial charge on any atom is 0.335 e. The maximum atomic E-state index is 11.4. The van der Waals surface area contributed by atoms with E-state index < -0.39 is 5.97 Å². The summed E-state index contributed by atoms with van der Waals surface area (Å²) in [6.45, 7) is 6.52. The van der Waals surface area contributed by atoms with Gasteiger partial charge in [0.15, 0.2) is 0 Å². The number of hydrogen-bond acceptors (Lipinski definition) is 1. The molecule has 0 aromatic heterocycles. The topological polar surface area (TPSA) is 37.3 Å². The smallest absolute Gasteiger partial charge is 0.335 e. The first-order chi connectivity index (χ1) is 8.93. The van der Waals surface area contributed by atoms with Crippen LogP contribution in [-0.2, 0) is 5.41 Å². The van der Waals surface area contributed by atoms with Crippen LogP contribution >= 0.6 is 0 Å². The van der Waals surface area contributed by atoms with E-state index in [1.807, 2.05) is 12.1 Å². The molecular weight excluding hydrogens is 236 g/mol. The van der Waals surface area contributed by atoms with Crippen LogP contribution < -0.4 is 0 Å². The Labute approximate surface area is 115 Å². The largest absolute Gasteiger partial charge is 0.478 e. The molecule has 0 aliphatic heterocycles. The molecule has 0 heterocycles. The summed E-state index contributed by atoms with van der Waals surface area (Å²) in [4.78, 5) is 11.4. The van der Waals surface area contributed by atoms with E-state index in [4.69, 9.17) is 0 Å². The molecule has 0 saturated carbocycles. The SMILES string of the molecule is CC1=CC[C@@H](C(C)(C)c2ccccc2C(=O)O)CC1. The lowest BCUT2D eigenvalue weighted by Crippen LogP contribution is -2.31. The second-order valence-electron chi connectivity index (χ2n) is 6.09. The minimum Gasteiger partial charge on any atom is -0.478 e. The van der Waals surface area contributed by atoms with Gasteiger partial charge in [-0.2, -0.15) is 0 Å². The Balaban J connectivity index is 2.37. The van der Waals surface area contributed by atoms with Crippen molar-refractivity contribution in [2.75, 3.05) is 0 Å². The Bertz CT molecular complexity index is 512. The van der Waals surface area contributed by atoms with Gasteiger partial charge in [-0.15, -0.1) is 0 Å². The molecule has 0 saturated heterocycles. The molecule has 0 bridgehead atoms. The average molecular weight is 258 g/mol. The van der Waals surface area contributed by atoms with Gasteiger partial charge >= 0.3 is 5.97 Å². The first kappa shape index (κ1) is 13.9. The van der Waals surface area contributed by atoms with Crippen LogP contribution in [0.4, 0.5) is 0 Å². The highest BCUT2D eigenvalue weighted by Crippen LogP contribution is 2.41. The van der Waals surface area contributed by atoms with Gasteiger partial charge in [0.1, 0.15) is 0 Å². The van der Waals surface area contributed by atoms with Crippen LogP contribution in [0, 0.1) is 5.92 Å². The zero-order valence-corrected chi connectivity index (χ0v) is 11.9. The number of carbonyl (C=O) groups is 1. The maximum absolute atomic E-state index is 11.4. The molecule has 2 nitrogen and oxygen atoms in total. The standard InChI is InChI=1S/C17H22O2/c1-12-8-10-13(11-9-12)17(2,3)15-7-5-4-6-14(15)16(18)19/h4-8,13H,9-11H2,1-3H3,(H,18,19)/t13-/m1/s1. The molecular formula is C17H22O2. The Kier molecular flexibility index (Phi) is 3.79. The van der Waals surface area contributed by atoms with E-state index in [1.54, 1.807) is 12.1 Å². The second kappa shape index (κ2) is 5.20. The lowest BCUT2D eigenvalue weighted by Gasteiger charge is -2.37. The molecule has 1 aliphatic carbocycles. The fraction of sp³-hybridized carbons (Fsp3) is 0.471. The summed E-state index contributed by atoms with van der Waals surface area (Å²) in [5.41, 5.74) is 2.75. The minimum absolute atomic E-state index is 0.105. The van der Waals surface area contributed by atoms with Crippen molar-refractivity contribution >= 4 is 5.97 Å². The van der Waals surface area contributed by atoms with Gasteiger partial charge in [-0.1, -0.05) is 43.7 Å². The van der Waals surface area contributed by atoms with Gasteiger partial charge in [-0.3, -0.25) is 0 Å². The summed E-state index contributed by atoms with van der Waals surface area (Å²) >= 11 is 0. The molecule has 102 valence electrons. The summed E-state index contributed by atoms with van der Waals surface area (Å²) in [5, 5.41) is 9.36. The quantitative estimate of drug-likeness (QED) is 0.815. The van der Waals surface area contributed by atoms with Gasteiger partial charge in [-0.05, 0) is 49.1 Å². The highest BCUT2D eigenvalue weighted by atomic mass is 16.4. The highest BCUT2D eigenvalue weighted by Gasteiger charge is 2.34. The zero-order valence-electron chi connectivity index (χ0n) is 11.9. The first-order valence-corrected chi connectivity index (χ1v) is 6.91. The Hall–Kier alpha value is -1.57. The number of hydrogen-bond donors (Lipinski definition) is 1. The molecule has 19 heavy (non-hydrogen) atoms. The lowest BCUT2D eigenvalue weighted by atomic mass is 9.67. The van der Waals surface area contributed by atoms with Crippen LogP contribution in [0.3, 0.4) is 0 Å². The first-order valence-electron chi connectivity index (χ1n) is 6.91. The van der Waals surface area contributed by atoms with Crippen LogP contribution in [0.15, 0.2) is 35.9 Å². The number of carboxylic acid groups (broad SMARTS) is 1. The number of rotatable bonds is 3. The van der Waals surface area contributed by atoms with Crippen LogP contribution in [0.5, 0.6) is 0 Å². The zero-order chi connectivity index (χ0) is 14.0. The van der Waals surface area contributed by atoms with Gasteiger partial charge < -0.3 is 5.11 Å². The van der Waals surface area contributed by atoms with E-state index in [-0.39, 0.29) is 5.41 Å². The minimum atomic E-state index is -0.828. The molecule has 0 radical (unpaired) electrons. The van der Waals surface area contributed by atoms with Crippen molar-refractivity contribution in [2.45, 2.75) is 45.4 Å². The summed E-state index contributed by atoms with van der Waals surface area (Å²) in [6, 6.07) is 7.42. The number of aromatic carboxylic acids is 1. The molecule has 1 aromatic carbocycles. The number of allylic oxidation sites excluding steroid dienone is 2. The van der Waals surface area contributed by atoms with E-state index in [2.05, 4.69) is 26.8 Å². The van der Waals surface area contributed by atoms with E-state index in [9.17, 15) is 9.90 Å². The van der Waals surface area contributed by atoms with Gasteiger partial charge in [0.2, 0.25) is 0 Å². The summed E-state index contributed by atoms with van der Waals surface area (Å²) in [7, 11) is 0. The van der Waals surface area contributed by atoms with Crippen molar-refractivity contribution in [3.63, 3.8) is 0 Å². The van der Waals surface area contributed by atoms with Crippen molar-refractivity contribution in [3.05, 3.63) is 47.0 Å². The predicted molar refractivity (Wildman–Crippen MR) is 77.5 cm³/mol. The molecule has 1 atom stereocenters. The van der Waals surface area contributed by atoms with Gasteiger partial charge in [-0.25, -0.2) is 4.79 Å². The van der Waals surface area contributed by atoms with E-state index in [0.717, 1.165) is 24.8 Å². The van der Waals surface area contributed by atoms with Crippen LogP contribution in [0.25, 0.3) is 0 Å². The van der Waals surface area contributed by atoms with Gasteiger partial charge in [0.25, 0.3) is 0 Å². The highest BCUT2D eigenvalue weighted by molar-refractivity contribution is 5.89. The van der Waals surface area contributed by atoms with Crippen molar-refractivity contribution in [1.29, 1.82) is 0 Å². The molecule has 1 aromatic rings. The molecule has 0 spiro atoms. The summed E-state index contributed by atoms with van der Waals surface area (Å²) in [5.74, 6) is -0.317.